The summed E-state index contributed by atoms with van der Waals surface area (Å²) >= 11 is 0. The lowest BCUT2D eigenvalue weighted by Crippen LogP contribution is -2.69. The predicted molar refractivity (Wildman–Crippen MR) is 113 cm³/mol. The van der Waals surface area contributed by atoms with Gasteiger partial charge in [0.05, 0.1) is 25.9 Å². The van der Waals surface area contributed by atoms with Gasteiger partial charge >= 0.3 is 18.1 Å². The molecule has 0 aromatic rings. The average molecular weight is 518 g/mol. The number of hydrogen-bond donors (Lipinski definition) is 3. The van der Waals surface area contributed by atoms with Crippen LogP contribution in [0.25, 0.3) is 0 Å². The molecule has 1 amide bonds. The molecule has 10 nitrogen and oxygen atoms in total. The fraction of sp³-hybridized carbons (Fsp3) is 0.900. The Morgan fingerprint density at radius 1 is 1.24 bits per heavy atom. The van der Waals surface area contributed by atoms with E-state index in [1.165, 1.54) is 0 Å². The van der Waals surface area contributed by atoms with E-state index in [-0.39, 0.29) is 13.2 Å². The summed E-state index contributed by atoms with van der Waals surface area (Å²) in [6.07, 6.45) is -12.2. The van der Waals surface area contributed by atoms with Crippen LogP contribution in [0.15, 0.2) is 0 Å². The Hall–Kier alpha value is -1.29. The highest BCUT2D eigenvalue weighted by molar-refractivity contribution is 6.76. The lowest BCUT2D eigenvalue weighted by Gasteiger charge is -2.47. The van der Waals surface area contributed by atoms with E-state index in [4.69, 9.17) is 23.7 Å². The van der Waals surface area contributed by atoms with E-state index in [1.807, 2.05) is 0 Å². The summed E-state index contributed by atoms with van der Waals surface area (Å²) in [6, 6.07) is -1.14. The highest BCUT2D eigenvalue weighted by Gasteiger charge is 2.58. The van der Waals surface area contributed by atoms with E-state index in [2.05, 4.69) is 19.6 Å². The van der Waals surface area contributed by atoms with E-state index >= 15 is 0 Å². The number of amides is 1. The number of carbonyl (C=O) groups excluding carboxylic acids is 2. The van der Waals surface area contributed by atoms with Gasteiger partial charge in [0.15, 0.2) is 5.79 Å². The number of ether oxygens (including phenoxy) is 5. The van der Waals surface area contributed by atoms with Crippen molar-refractivity contribution in [3.05, 3.63) is 0 Å². The van der Waals surface area contributed by atoms with Crippen LogP contribution in [0.2, 0.25) is 25.7 Å². The van der Waals surface area contributed by atoms with Crippen molar-refractivity contribution in [1.29, 1.82) is 0 Å². The fourth-order valence-electron chi connectivity index (χ4n) is 3.71. The maximum Gasteiger partial charge on any atom is 0.471 e. The van der Waals surface area contributed by atoms with Crippen LogP contribution in [-0.2, 0) is 33.3 Å². The second-order valence-electron chi connectivity index (χ2n) is 10.1. The molecule has 2 heterocycles. The molecule has 198 valence electrons. The van der Waals surface area contributed by atoms with E-state index in [9.17, 15) is 33.0 Å². The minimum absolute atomic E-state index is 0.0377. The Bertz CT molecular complexity index is 746. The number of hydrogen-bond acceptors (Lipinski definition) is 9. The minimum Gasteiger partial charge on any atom is -0.465 e. The smallest absolute Gasteiger partial charge is 0.465 e. The molecule has 0 aliphatic carbocycles. The summed E-state index contributed by atoms with van der Waals surface area (Å²) in [4.78, 5) is 24.3. The molecule has 2 fully saturated rings. The van der Waals surface area contributed by atoms with Crippen LogP contribution >= 0.6 is 0 Å². The molecule has 2 saturated heterocycles. The summed E-state index contributed by atoms with van der Waals surface area (Å²) in [5.41, 5.74) is 0. The summed E-state index contributed by atoms with van der Waals surface area (Å²) in [5.74, 6) is -6.69. The first-order valence-electron chi connectivity index (χ1n) is 10.9. The van der Waals surface area contributed by atoms with Crippen molar-refractivity contribution in [2.45, 2.75) is 94.2 Å². The first-order chi connectivity index (χ1) is 15.4. The average Bonchev–Trinajstić information content (AvgIpc) is 3.06. The molecule has 2 aliphatic heterocycles. The fourth-order valence-corrected chi connectivity index (χ4v) is 4.43. The van der Waals surface area contributed by atoms with Gasteiger partial charge < -0.3 is 39.2 Å². The summed E-state index contributed by atoms with van der Waals surface area (Å²) in [7, 11) is -0.575. The second kappa shape index (κ2) is 10.4. The first kappa shape index (κ1) is 28.9. The highest BCUT2D eigenvalue weighted by Crippen LogP contribution is 2.37. The summed E-state index contributed by atoms with van der Waals surface area (Å²) in [6.45, 7) is 9.21. The van der Waals surface area contributed by atoms with Crippen LogP contribution in [0, 0.1) is 0 Å². The van der Waals surface area contributed by atoms with Crippen LogP contribution < -0.4 is 5.32 Å². The van der Waals surface area contributed by atoms with Crippen LogP contribution in [0.3, 0.4) is 0 Å². The maximum absolute atomic E-state index is 12.9. The Morgan fingerprint density at radius 3 is 2.32 bits per heavy atom. The lowest BCUT2D eigenvalue weighted by molar-refractivity contribution is -0.312. The number of aliphatic hydroxyl groups is 2. The molecule has 6 atom stereocenters. The Labute approximate surface area is 197 Å². The number of alkyl halides is 3. The molecule has 0 aromatic heterocycles. The van der Waals surface area contributed by atoms with Gasteiger partial charge in [0.2, 0.25) is 0 Å². The molecule has 0 aromatic carbocycles. The van der Waals surface area contributed by atoms with Gasteiger partial charge in [-0.3, -0.25) is 4.79 Å². The number of nitrogens with one attached hydrogen (secondary N) is 1. The monoisotopic (exact) mass is 517 g/mol. The van der Waals surface area contributed by atoms with Gasteiger partial charge in [-0.1, -0.05) is 19.6 Å². The van der Waals surface area contributed by atoms with Crippen LogP contribution in [-0.4, -0.2) is 98.7 Å². The van der Waals surface area contributed by atoms with Crippen molar-refractivity contribution in [3.8, 4) is 0 Å². The SMILES string of the molecule is COC(=O)C1(OCC[Si](C)(C)C)C[C@H](O)[C@@H](NC(=O)C(F)(F)F)[C@H]([C@H](O)[C@H]2COC(C)(C)O2)O1. The van der Waals surface area contributed by atoms with Crippen LogP contribution in [0.5, 0.6) is 0 Å². The molecular weight excluding hydrogens is 483 g/mol. The number of carbonyl (C=O) groups is 2. The van der Waals surface area contributed by atoms with Crippen molar-refractivity contribution in [3.63, 3.8) is 0 Å². The quantitative estimate of drug-likeness (QED) is 0.318. The van der Waals surface area contributed by atoms with Gasteiger partial charge in [-0.15, -0.1) is 0 Å². The van der Waals surface area contributed by atoms with Crippen LogP contribution in [0.1, 0.15) is 20.3 Å². The summed E-state index contributed by atoms with van der Waals surface area (Å²) < 4.78 is 66.1. The van der Waals surface area contributed by atoms with Crippen molar-refractivity contribution >= 4 is 20.0 Å². The number of esters is 1. The Morgan fingerprint density at radius 2 is 1.85 bits per heavy atom. The molecule has 1 unspecified atom stereocenters. The number of rotatable bonds is 8. The van der Waals surface area contributed by atoms with E-state index in [0.717, 1.165) is 7.11 Å². The Balaban J connectivity index is 2.38. The molecule has 0 radical (unpaired) electrons. The minimum atomic E-state index is -5.26. The van der Waals surface area contributed by atoms with E-state index in [0.29, 0.717) is 6.04 Å². The molecule has 0 spiro atoms. The van der Waals surface area contributed by atoms with Gasteiger partial charge in [-0.05, 0) is 19.9 Å². The van der Waals surface area contributed by atoms with Gasteiger partial charge in [-0.2, -0.15) is 13.2 Å². The number of aliphatic hydroxyl groups excluding tert-OH is 2. The van der Waals surface area contributed by atoms with Crippen molar-refractivity contribution in [2.75, 3.05) is 20.3 Å². The molecule has 34 heavy (non-hydrogen) atoms. The third-order valence-electron chi connectivity index (χ3n) is 5.56. The first-order valence-corrected chi connectivity index (χ1v) is 14.6. The third kappa shape index (κ3) is 7.12. The lowest BCUT2D eigenvalue weighted by atomic mass is 9.88. The molecule has 0 bridgehead atoms. The molecule has 2 aliphatic rings. The normalized spacial score (nSPS) is 32.8. The zero-order chi connectivity index (χ0) is 26.1. The highest BCUT2D eigenvalue weighted by atomic mass is 28.3. The zero-order valence-electron chi connectivity index (χ0n) is 20.1. The molecule has 0 saturated carbocycles. The van der Waals surface area contributed by atoms with E-state index < -0.39 is 74.6 Å². The van der Waals surface area contributed by atoms with Gasteiger partial charge in [0.25, 0.3) is 5.79 Å². The molecule has 2 rings (SSSR count). The van der Waals surface area contributed by atoms with Crippen molar-refractivity contribution < 1.29 is 56.7 Å². The zero-order valence-corrected chi connectivity index (χ0v) is 21.1. The topological polar surface area (TPSA) is 133 Å². The Kier molecular flexibility index (Phi) is 8.82. The van der Waals surface area contributed by atoms with E-state index in [1.54, 1.807) is 19.2 Å². The third-order valence-corrected chi connectivity index (χ3v) is 7.26. The summed E-state index contributed by atoms with van der Waals surface area (Å²) in [5, 5.41) is 23.4. The largest absolute Gasteiger partial charge is 0.471 e. The molecule has 14 heteroatoms. The molecule has 3 N–H and O–H groups in total. The van der Waals surface area contributed by atoms with Gasteiger partial charge in [0, 0.05) is 21.1 Å². The molecular formula is C20H34F3NO9Si. The van der Waals surface area contributed by atoms with Crippen molar-refractivity contribution in [1.82, 2.24) is 5.32 Å². The van der Waals surface area contributed by atoms with Crippen molar-refractivity contribution in [2.24, 2.45) is 0 Å². The van der Waals surface area contributed by atoms with Crippen LogP contribution in [0.4, 0.5) is 13.2 Å². The van der Waals surface area contributed by atoms with Gasteiger partial charge in [0.1, 0.15) is 18.3 Å². The standard InChI is InChI=1S/C20H34F3NO9Si/c1-18(2)31-10-12(32-18)14(26)15-13(24-16(27)20(21,22)23)11(25)9-19(33-15,17(28)29-3)30-7-8-34(4,5)6/h11-15,25-26H,7-10H2,1-6H3,(H,24,27)/t11-,12+,13+,14+,15+,19?/m0/s1. The number of halogens is 3. The van der Waals surface area contributed by atoms with Gasteiger partial charge in [-0.25, -0.2) is 4.79 Å². The number of methoxy groups -OCH3 is 1. The maximum atomic E-state index is 12.9. The second-order valence-corrected chi connectivity index (χ2v) is 15.7. The predicted octanol–water partition coefficient (Wildman–Crippen LogP) is 0.920.